The Morgan fingerprint density at radius 2 is 1.89 bits per heavy atom. The molecule has 0 aromatic heterocycles. The first kappa shape index (κ1) is 20.7. The molecule has 27 heavy (non-hydrogen) atoms. The summed E-state index contributed by atoms with van der Waals surface area (Å²) in [6.07, 6.45) is 5.39. The van der Waals surface area contributed by atoms with Crippen LogP contribution in [0.15, 0.2) is 61.2 Å². The predicted octanol–water partition coefficient (Wildman–Crippen LogP) is 5.12. The summed E-state index contributed by atoms with van der Waals surface area (Å²) in [5, 5.41) is 0. The van der Waals surface area contributed by atoms with E-state index >= 15 is 0 Å². The van der Waals surface area contributed by atoms with Gasteiger partial charge in [0.05, 0.1) is 12.7 Å². The van der Waals surface area contributed by atoms with Crippen molar-refractivity contribution in [2.75, 3.05) is 21.2 Å². The summed E-state index contributed by atoms with van der Waals surface area (Å²) in [6, 6.07) is 13.8. The SMILES string of the molecule is C=CC(C)(C)c1ccc(OC)c(C(=O)/C=C/c2ccccc2CN(C)C)c1. The van der Waals surface area contributed by atoms with Crippen molar-refractivity contribution in [1.29, 1.82) is 0 Å². The second-order valence-corrected chi connectivity index (χ2v) is 7.48. The van der Waals surface area contributed by atoms with Gasteiger partial charge in [-0.3, -0.25) is 4.79 Å². The van der Waals surface area contributed by atoms with Gasteiger partial charge in [0.2, 0.25) is 0 Å². The van der Waals surface area contributed by atoms with Gasteiger partial charge in [0.1, 0.15) is 5.75 Å². The molecule has 0 radical (unpaired) electrons. The number of ether oxygens (including phenoxy) is 1. The molecule has 2 rings (SSSR count). The molecule has 0 amide bonds. The van der Waals surface area contributed by atoms with Gasteiger partial charge in [-0.15, -0.1) is 6.58 Å². The van der Waals surface area contributed by atoms with Gasteiger partial charge in [0.25, 0.3) is 0 Å². The van der Waals surface area contributed by atoms with Gasteiger partial charge in [-0.1, -0.05) is 56.3 Å². The minimum absolute atomic E-state index is 0.0757. The van der Waals surface area contributed by atoms with Crippen molar-refractivity contribution in [3.63, 3.8) is 0 Å². The van der Waals surface area contributed by atoms with E-state index in [1.807, 2.05) is 62.6 Å². The Balaban J connectivity index is 2.37. The molecule has 142 valence electrons. The molecule has 3 nitrogen and oxygen atoms in total. The summed E-state index contributed by atoms with van der Waals surface area (Å²) in [6.45, 7) is 8.87. The van der Waals surface area contributed by atoms with Crippen molar-refractivity contribution < 1.29 is 9.53 Å². The fourth-order valence-corrected chi connectivity index (χ4v) is 2.86. The Morgan fingerprint density at radius 3 is 2.52 bits per heavy atom. The van der Waals surface area contributed by atoms with E-state index in [0.717, 1.165) is 17.7 Å². The van der Waals surface area contributed by atoms with Gasteiger partial charge in [0.15, 0.2) is 5.78 Å². The molecule has 0 unspecified atom stereocenters. The number of methoxy groups -OCH3 is 1. The van der Waals surface area contributed by atoms with Gasteiger partial charge < -0.3 is 9.64 Å². The number of allylic oxidation sites excluding steroid dienone is 2. The molecule has 2 aromatic rings. The maximum absolute atomic E-state index is 12.9. The topological polar surface area (TPSA) is 29.5 Å². The molecular weight excluding hydrogens is 334 g/mol. The number of ketones is 1. The second kappa shape index (κ2) is 8.83. The van der Waals surface area contributed by atoms with Crippen LogP contribution in [0.1, 0.15) is 40.9 Å². The van der Waals surface area contributed by atoms with Crippen molar-refractivity contribution in [2.45, 2.75) is 25.8 Å². The summed E-state index contributed by atoms with van der Waals surface area (Å²) >= 11 is 0. The number of hydrogen-bond acceptors (Lipinski definition) is 3. The van der Waals surface area contributed by atoms with Crippen LogP contribution in [0.3, 0.4) is 0 Å². The molecule has 0 aliphatic carbocycles. The van der Waals surface area contributed by atoms with E-state index in [-0.39, 0.29) is 11.2 Å². The first-order valence-electron chi connectivity index (χ1n) is 9.05. The van der Waals surface area contributed by atoms with E-state index in [2.05, 4.69) is 31.4 Å². The van der Waals surface area contributed by atoms with Crippen molar-refractivity contribution in [2.24, 2.45) is 0 Å². The number of nitrogens with zero attached hydrogens (tertiary/aromatic N) is 1. The monoisotopic (exact) mass is 363 g/mol. The van der Waals surface area contributed by atoms with Crippen molar-refractivity contribution in [3.05, 3.63) is 83.4 Å². The Kier molecular flexibility index (Phi) is 6.75. The predicted molar refractivity (Wildman–Crippen MR) is 113 cm³/mol. The van der Waals surface area contributed by atoms with Crippen molar-refractivity contribution in [3.8, 4) is 5.75 Å². The summed E-state index contributed by atoms with van der Waals surface area (Å²) in [5.74, 6) is 0.503. The summed E-state index contributed by atoms with van der Waals surface area (Å²) in [5.41, 5.74) is 3.60. The van der Waals surface area contributed by atoms with Crippen LogP contribution in [0.2, 0.25) is 0 Å². The molecule has 3 heteroatoms. The normalized spacial score (nSPS) is 11.8. The highest BCUT2D eigenvalue weighted by atomic mass is 16.5. The lowest BCUT2D eigenvalue weighted by Crippen LogP contribution is -2.14. The quantitative estimate of drug-likeness (QED) is 0.370. The highest BCUT2D eigenvalue weighted by Crippen LogP contribution is 2.29. The van der Waals surface area contributed by atoms with Crippen LogP contribution < -0.4 is 4.74 Å². The van der Waals surface area contributed by atoms with Crippen LogP contribution in [0, 0.1) is 0 Å². The minimum Gasteiger partial charge on any atom is -0.496 e. The first-order valence-corrected chi connectivity index (χ1v) is 9.05. The van der Waals surface area contributed by atoms with E-state index in [9.17, 15) is 4.79 Å². The molecule has 0 heterocycles. The van der Waals surface area contributed by atoms with E-state index in [1.54, 1.807) is 13.2 Å². The lowest BCUT2D eigenvalue weighted by atomic mass is 9.83. The molecular formula is C24H29NO2. The highest BCUT2D eigenvalue weighted by Gasteiger charge is 2.19. The Hall–Kier alpha value is -2.65. The number of benzene rings is 2. The van der Waals surface area contributed by atoms with Crippen molar-refractivity contribution in [1.82, 2.24) is 4.90 Å². The standard InChI is InChI=1S/C24H29NO2/c1-7-24(2,3)20-13-15-23(27-6)21(16-20)22(26)14-12-18-10-8-9-11-19(18)17-25(4)5/h7-16H,1,17H2,2-6H3/b14-12+. The average Bonchev–Trinajstić information content (AvgIpc) is 2.66. The van der Waals surface area contributed by atoms with Gasteiger partial charge in [-0.25, -0.2) is 0 Å². The lowest BCUT2D eigenvalue weighted by molar-refractivity contribution is 0.104. The Morgan fingerprint density at radius 1 is 1.19 bits per heavy atom. The van der Waals surface area contributed by atoms with Crippen LogP contribution in [-0.2, 0) is 12.0 Å². The summed E-state index contributed by atoms with van der Waals surface area (Å²) in [7, 11) is 5.65. The molecule has 0 atom stereocenters. The average molecular weight is 364 g/mol. The Labute approximate surface area is 163 Å². The molecule has 0 fully saturated rings. The summed E-state index contributed by atoms with van der Waals surface area (Å²) < 4.78 is 5.41. The maximum Gasteiger partial charge on any atom is 0.189 e. The molecule has 0 bridgehead atoms. The van der Waals surface area contributed by atoms with E-state index in [1.165, 1.54) is 5.56 Å². The fraction of sp³-hybridized carbons (Fsp3) is 0.292. The fourth-order valence-electron chi connectivity index (χ4n) is 2.86. The molecule has 0 saturated carbocycles. The number of carbonyl (C=O) groups excluding carboxylic acids is 1. The third-order valence-electron chi connectivity index (χ3n) is 4.68. The third kappa shape index (κ3) is 5.18. The molecule has 2 aromatic carbocycles. The largest absolute Gasteiger partial charge is 0.496 e. The smallest absolute Gasteiger partial charge is 0.189 e. The second-order valence-electron chi connectivity index (χ2n) is 7.48. The van der Waals surface area contributed by atoms with Gasteiger partial charge in [-0.05, 0) is 49.0 Å². The van der Waals surface area contributed by atoms with Crippen molar-refractivity contribution >= 4 is 11.9 Å². The number of rotatable bonds is 8. The van der Waals surface area contributed by atoms with E-state index in [4.69, 9.17) is 4.74 Å². The van der Waals surface area contributed by atoms with E-state index in [0.29, 0.717) is 11.3 Å². The first-order chi connectivity index (χ1) is 12.8. The molecule has 0 saturated heterocycles. The van der Waals surface area contributed by atoms with Crippen LogP contribution in [0.5, 0.6) is 5.75 Å². The van der Waals surface area contributed by atoms with Crippen LogP contribution in [0.25, 0.3) is 6.08 Å². The molecule has 0 spiro atoms. The van der Waals surface area contributed by atoms with Crippen LogP contribution in [0.4, 0.5) is 0 Å². The highest BCUT2D eigenvalue weighted by molar-refractivity contribution is 6.08. The van der Waals surface area contributed by atoms with Gasteiger partial charge in [0, 0.05) is 12.0 Å². The zero-order valence-corrected chi connectivity index (χ0v) is 17.0. The zero-order valence-electron chi connectivity index (χ0n) is 17.0. The lowest BCUT2D eigenvalue weighted by Gasteiger charge is -2.21. The number of hydrogen-bond donors (Lipinski definition) is 0. The molecule has 0 N–H and O–H groups in total. The van der Waals surface area contributed by atoms with Crippen LogP contribution in [-0.4, -0.2) is 31.9 Å². The van der Waals surface area contributed by atoms with Gasteiger partial charge in [-0.2, -0.15) is 0 Å². The minimum atomic E-state index is -0.219. The van der Waals surface area contributed by atoms with Crippen LogP contribution >= 0.6 is 0 Å². The summed E-state index contributed by atoms with van der Waals surface area (Å²) in [4.78, 5) is 15.0. The molecule has 0 aliphatic rings. The zero-order chi connectivity index (χ0) is 20.0. The number of carbonyl (C=O) groups is 1. The maximum atomic E-state index is 12.9. The van der Waals surface area contributed by atoms with E-state index < -0.39 is 0 Å². The Bertz CT molecular complexity index is 847. The molecule has 0 aliphatic heterocycles. The third-order valence-corrected chi connectivity index (χ3v) is 4.68. The van der Waals surface area contributed by atoms with Gasteiger partial charge >= 0.3 is 0 Å².